The first-order valence-electron chi connectivity index (χ1n) is 5.61. The number of aromatic nitrogens is 2. The molecule has 0 radical (unpaired) electrons. The molecule has 2 atom stereocenters. The van der Waals surface area contributed by atoms with Gasteiger partial charge in [-0.3, -0.25) is 0 Å². The fraction of sp³-hybridized carbons (Fsp3) is 0.727. The van der Waals surface area contributed by atoms with Crippen molar-refractivity contribution in [2.75, 3.05) is 6.61 Å². The number of nitrogens with one attached hydrogen (secondary N) is 2. The van der Waals surface area contributed by atoms with Gasteiger partial charge in [-0.25, -0.2) is 4.98 Å². The van der Waals surface area contributed by atoms with E-state index in [1.165, 1.54) is 6.42 Å². The van der Waals surface area contributed by atoms with Gasteiger partial charge in [-0.1, -0.05) is 13.8 Å². The van der Waals surface area contributed by atoms with Crippen LogP contribution in [0.25, 0.3) is 0 Å². The molecule has 2 rings (SSSR count). The first-order valence-corrected chi connectivity index (χ1v) is 5.61. The van der Waals surface area contributed by atoms with E-state index < -0.39 is 0 Å². The summed E-state index contributed by atoms with van der Waals surface area (Å²) in [6.45, 7) is 5.13. The molecule has 0 amide bonds. The smallest absolute Gasteiger partial charge is 0.0989 e. The minimum Gasteiger partial charge on any atom is -0.370 e. The molecule has 1 aromatic heterocycles. The molecule has 4 nitrogen and oxygen atoms in total. The Morgan fingerprint density at radius 2 is 2.40 bits per heavy atom. The predicted molar refractivity (Wildman–Crippen MR) is 58.6 cm³/mol. The molecule has 1 aromatic rings. The van der Waals surface area contributed by atoms with Crippen molar-refractivity contribution in [3.8, 4) is 0 Å². The average molecular weight is 209 g/mol. The zero-order valence-corrected chi connectivity index (χ0v) is 9.36. The van der Waals surface area contributed by atoms with Crippen molar-refractivity contribution in [3.63, 3.8) is 0 Å². The lowest BCUT2D eigenvalue weighted by atomic mass is 10.0. The summed E-state index contributed by atoms with van der Waals surface area (Å²) in [7, 11) is 0. The Kier molecular flexibility index (Phi) is 3.38. The molecule has 1 saturated heterocycles. The molecule has 1 aliphatic rings. The molecule has 0 unspecified atom stereocenters. The Morgan fingerprint density at radius 1 is 1.53 bits per heavy atom. The van der Waals surface area contributed by atoms with Crippen molar-refractivity contribution in [2.24, 2.45) is 0 Å². The molecule has 0 saturated carbocycles. The highest BCUT2D eigenvalue weighted by Crippen LogP contribution is 2.26. The maximum absolute atomic E-state index is 5.80. The standard InChI is InChI=1S/C11H19N3O/c1-8(2)14-9-3-4-11(15-6-9)10-5-12-7-13-10/h5,7-9,11,14H,3-4,6H2,1-2H3,(H,12,13)/t9-,11-/m1/s1. The summed E-state index contributed by atoms with van der Waals surface area (Å²) < 4.78 is 5.80. The molecular formula is C11H19N3O. The highest BCUT2D eigenvalue weighted by Gasteiger charge is 2.23. The second-order valence-electron chi connectivity index (χ2n) is 4.42. The van der Waals surface area contributed by atoms with Crippen molar-refractivity contribution in [1.82, 2.24) is 15.3 Å². The van der Waals surface area contributed by atoms with Crippen LogP contribution >= 0.6 is 0 Å². The van der Waals surface area contributed by atoms with E-state index in [9.17, 15) is 0 Å². The van der Waals surface area contributed by atoms with Crippen molar-refractivity contribution in [3.05, 3.63) is 18.2 Å². The minimum atomic E-state index is 0.206. The third-order valence-corrected chi connectivity index (χ3v) is 2.71. The van der Waals surface area contributed by atoms with Gasteiger partial charge in [0, 0.05) is 12.1 Å². The molecule has 0 spiro atoms. The third-order valence-electron chi connectivity index (χ3n) is 2.71. The van der Waals surface area contributed by atoms with E-state index in [-0.39, 0.29) is 6.10 Å². The number of hydrogen-bond acceptors (Lipinski definition) is 3. The molecule has 1 aliphatic heterocycles. The van der Waals surface area contributed by atoms with Gasteiger partial charge in [-0.15, -0.1) is 0 Å². The summed E-state index contributed by atoms with van der Waals surface area (Å²) in [4.78, 5) is 7.12. The Morgan fingerprint density at radius 3 is 2.93 bits per heavy atom. The van der Waals surface area contributed by atoms with Gasteiger partial charge < -0.3 is 15.0 Å². The van der Waals surface area contributed by atoms with Crippen LogP contribution in [-0.2, 0) is 4.74 Å². The second-order valence-corrected chi connectivity index (χ2v) is 4.42. The van der Waals surface area contributed by atoms with Crippen LogP contribution in [0.15, 0.2) is 12.5 Å². The number of nitrogens with zero attached hydrogens (tertiary/aromatic N) is 1. The van der Waals surface area contributed by atoms with Crippen LogP contribution in [0.4, 0.5) is 0 Å². The normalized spacial score (nSPS) is 27.1. The van der Waals surface area contributed by atoms with Gasteiger partial charge in [0.05, 0.1) is 30.9 Å². The van der Waals surface area contributed by atoms with Gasteiger partial charge in [0.1, 0.15) is 0 Å². The second kappa shape index (κ2) is 4.77. The SMILES string of the molecule is CC(C)N[C@@H]1CC[C@H](c2cnc[nH]2)OC1. The predicted octanol–water partition coefficient (Wildman–Crippen LogP) is 1.63. The molecule has 4 heteroatoms. The Hall–Kier alpha value is -0.870. The molecule has 84 valence electrons. The maximum atomic E-state index is 5.80. The lowest BCUT2D eigenvalue weighted by molar-refractivity contribution is -0.00772. The number of imidazole rings is 1. The van der Waals surface area contributed by atoms with Crippen molar-refractivity contribution in [1.29, 1.82) is 0 Å². The van der Waals surface area contributed by atoms with E-state index in [2.05, 4.69) is 29.1 Å². The van der Waals surface area contributed by atoms with Crippen molar-refractivity contribution in [2.45, 2.75) is 44.9 Å². The zero-order chi connectivity index (χ0) is 10.7. The summed E-state index contributed by atoms with van der Waals surface area (Å²) in [5.74, 6) is 0. The van der Waals surface area contributed by atoms with Gasteiger partial charge in [0.25, 0.3) is 0 Å². The van der Waals surface area contributed by atoms with Crippen LogP contribution in [0.5, 0.6) is 0 Å². The van der Waals surface area contributed by atoms with Crippen molar-refractivity contribution < 1.29 is 4.74 Å². The number of rotatable bonds is 3. The van der Waals surface area contributed by atoms with Gasteiger partial charge in [0.2, 0.25) is 0 Å². The molecule has 0 aromatic carbocycles. The van der Waals surface area contributed by atoms with Gasteiger partial charge in [0.15, 0.2) is 0 Å². The van der Waals surface area contributed by atoms with Crippen LogP contribution in [0.3, 0.4) is 0 Å². The third kappa shape index (κ3) is 2.79. The largest absolute Gasteiger partial charge is 0.370 e. The number of ether oxygens (including phenoxy) is 1. The molecule has 0 aliphatic carbocycles. The number of H-pyrrole nitrogens is 1. The van der Waals surface area contributed by atoms with E-state index in [1.54, 1.807) is 6.33 Å². The average Bonchev–Trinajstić information content (AvgIpc) is 2.71. The summed E-state index contributed by atoms with van der Waals surface area (Å²) in [6.07, 6.45) is 5.99. The summed E-state index contributed by atoms with van der Waals surface area (Å²) in [6, 6.07) is 1.03. The van der Waals surface area contributed by atoms with E-state index in [0.29, 0.717) is 12.1 Å². The van der Waals surface area contributed by atoms with Crippen LogP contribution in [0, 0.1) is 0 Å². The highest BCUT2D eigenvalue weighted by atomic mass is 16.5. The highest BCUT2D eigenvalue weighted by molar-refractivity contribution is 5.01. The Labute approximate surface area is 90.4 Å². The first-order chi connectivity index (χ1) is 7.25. The number of aromatic amines is 1. The topological polar surface area (TPSA) is 49.9 Å². The molecule has 2 N–H and O–H groups in total. The molecule has 2 heterocycles. The summed E-state index contributed by atoms with van der Waals surface area (Å²) in [5, 5.41) is 3.50. The number of hydrogen-bond donors (Lipinski definition) is 2. The van der Waals surface area contributed by atoms with E-state index >= 15 is 0 Å². The van der Waals surface area contributed by atoms with Crippen molar-refractivity contribution >= 4 is 0 Å². The van der Waals surface area contributed by atoms with Gasteiger partial charge in [-0.05, 0) is 12.8 Å². The van der Waals surface area contributed by atoms with Gasteiger partial charge in [-0.2, -0.15) is 0 Å². The molecule has 1 fully saturated rings. The Bertz CT molecular complexity index is 276. The van der Waals surface area contributed by atoms with E-state index in [1.807, 2.05) is 6.20 Å². The monoisotopic (exact) mass is 209 g/mol. The Balaban J connectivity index is 1.82. The van der Waals surface area contributed by atoms with Gasteiger partial charge >= 0.3 is 0 Å². The quantitative estimate of drug-likeness (QED) is 0.795. The minimum absolute atomic E-state index is 0.206. The lowest BCUT2D eigenvalue weighted by Gasteiger charge is -2.30. The molecular weight excluding hydrogens is 190 g/mol. The maximum Gasteiger partial charge on any atom is 0.0989 e. The summed E-state index contributed by atoms with van der Waals surface area (Å²) in [5.41, 5.74) is 1.10. The van der Waals surface area contributed by atoms with E-state index in [4.69, 9.17) is 4.74 Å². The summed E-state index contributed by atoms with van der Waals surface area (Å²) >= 11 is 0. The van der Waals surface area contributed by atoms with Crippen LogP contribution in [-0.4, -0.2) is 28.7 Å². The van der Waals surface area contributed by atoms with Crippen LogP contribution < -0.4 is 5.32 Å². The molecule has 15 heavy (non-hydrogen) atoms. The fourth-order valence-electron chi connectivity index (χ4n) is 2.04. The molecule has 0 bridgehead atoms. The first kappa shape index (κ1) is 10.6. The van der Waals surface area contributed by atoms with E-state index in [0.717, 1.165) is 18.7 Å². The zero-order valence-electron chi connectivity index (χ0n) is 9.36. The van der Waals surface area contributed by atoms with Crippen LogP contribution in [0.1, 0.15) is 38.5 Å². The fourth-order valence-corrected chi connectivity index (χ4v) is 2.04. The lowest BCUT2D eigenvalue weighted by Crippen LogP contribution is -2.41. The van der Waals surface area contributed by atoms with Crippen LogP contribution in [0.2, 0.25) is 0 Å².